The molecule has 4 heteroatoms. The van der Waals surface area contributed by atoms with Crippen molar-refractivity contribution in [3.05, 3.63) is 48.0 Å². The van der Waals surface area contributed by atoms with Crippen molar-refractivity contribution in [2.75, 3.05) is 12.8 Å². The standard InChI is InChI=1S/C15H15NO2S/c1-10(17)14-9-13(6-7-15(14)16)19-12-5-3-4-11(8-12)18-2/h3-9H,16H2,1-2H3. The van der Waals surface area contributed by atoms with Gasteiger partial charge in [0.1, 0.15) is 5.75 Å². The number of nitrogens with two attached hydrogens (primary N) is 1. The second-order valence-electron chi connectivity index (χ2n) is 4.09. The molecule has 0 bridgehead atoms. The van der Waals surface area contributed by atoms with E-state index in [1.807, 2.05) is 36.4 Å². The highest BCUT2D eigenvalue weighted by molar-refractivity contribution is 7.99. The molecule has 3 nitrogen and oxygen atoms in total. The smallest absolute Gasteiger partial charge is 0.161 e. The van der Waals surface area contributed by atoms with Crippen molar-refractivity contribution in [2.24, 2.45) is 0 Å². The molecule has 0 aromatic heterocycles. The minimum Gasteiger partial charge on any atom is -0.497 e. The van der Waals surface area contributed by atoms with E-state index in [0.717, 1.165) is 15.5 Å². The van der Waals surface area contributed by atoms with E-state index in [0.29, 0.717) is 11.3 Å². The number of benzene rings is 2. The van der Waals surface area contributed by atoms with Crippen LogP contribution < -0.4 is 10.5 Å². The van der Waals surface area contributed by atoms with E-state index in [2.05, 4.69) is 0 Å². The van der Waals surface area contributed by atoms with Gasteiger partial charge in [0.25, 0.3) is 0 Å². The fraction of sp³-hybridized carbons (Fsp3) is 0.133. The Kier molecular flexibility index (Phi) is 4.12. The van der Waals surface area contributed by atoms with E-state index in [4.69, 9.17) is 10.5 Å². The molecule has 0 atom stereocenters. The molecule has 0 spiro atoms. The van der Waals surface area contributed by atoms with E-state index < -0.39 is 0 Å². The summed E-state index contributed by atoms with van der Waals surface area (Å²) in [5, 5.41) is 0. The van der Waals surface area contributed by atoms with Crippen LogP contribution in [0.5, 0.6) is 5.75 Å². The number of ether oxygens (including phenoxy) is 1. The number of carbonyl (C=O) groups excluding carboxylic acids is 1. The maximum atomic E-state index is 11.5. The van der Waals surface area contributed by atoms with E-state index in [9.17, 15) is 4.79 Å². The summed E-state index contributed by atoms with van der Waals surface area (Å²) in [6.45, 7) is 1.52. The van der Waals surface area contributed by atoms with Crippen LogP contribution in [0.25, 0.3) is 0 Å². The highest BCUT2D eigenvalue weighted by Crippen LogP contribution is 2.31. The van der Waals surface area contributed by atoms with Crippen LogP contribution in [0.15, 0.2) is 52.3 Å². The number of rotatable bonds is 4. The van der Waals surface area contributed by atoms with Crippen molar-refractivity contribution in [3.8, 4) is 5.75 Å². The first kappa shape index (κ1) is 13.5. The topological polar surface area (TPSA) is 52.3 Å². The fourth-order valence-corrected chi connectivity index (χ4v) is 2.61. The lowest BCUT2D eigenvalue weighted by atomic mass is 10.1. The van der Waals surface area contributed by atoms with Gasteiger partial charge in [-0.2, -0.15) is 0 Å². The molecule has 0 radical (unpaired) electrons. The molecule has 0 fully saturated rings. The Labute approximate surface area is 116 Å². The zero-order chi connectivity index (χ0) is 13.8. The Morgan fingerprint density at radius 1 is 1.16 bits per heavy atom. The van der Waals surface area contributed by atoms with E-state index in [1.165, 1.54) is 6.92 Å². The summed E-state index contributed by atoms with van der Waals surface area (Å²) in [7, 11) is 1.64. The van der Waals surface area contributed by atoms with Gasteiger partial charge in [-0.05, 0) is 43.3 Å². The van der Waals surface area contributed by atoms with E-state index in [-0.39, 0.29) is 5.78 Å². The lowest BCUT2D eigenvalue weighted by Crippen LogP contribution is -1.99. The first-order valence-corrected chi connectivity index (χ1v) is 6.64. The summed E-state index contributed by atoms with van der Waals surface area (Å²) < 4.78 is 5.19. The first-order valence-electron chi connectivity index (χ1n) is 5.82. The highest BCUT2D eigenvalue weighted by atomic mass is 32.2. The second-order valence-corrected chi connectivity index (χ2v) is 5.23. The lowest BCUT2D eigenvalue weighted by Gasteiger charge is -2.07. The average Bonchev–Trinajstić information content (AvgIpc) is 2.41. The van der Waals surface area contributed by atoms with Crippen molar-refractivity contribution < 1.29 is 9.53 Å². The number of carbonyl (C=O) groups is 1. The van der Waals surface area contributed by atoms with Gasteiger partial charge < -0.3 is 10.5 Å². The van der Waals surface area contributed by atoms with E-state index >= 15 is 0 Å². The van der Waals surface area contributed by atoms with Crippen molar-refractivity contribution in [3.63, 3.8) is 0 Å². The van der Waals surface area contributed by atoms with Crippen LogP contribution in [0.2, 0.25) is 0 Å². The third kappa shape index (κ3) is 3.29. The average molecular weight is 273 g/mol. The number of hydrogen-bond acceptors (Lipinski definition) is 4. The summed E-state index contributed by atoms with van der Waals surface area (Å²) in [5.74, 6) is 0.790. The fourth-order valence-electron chi connectivity index (χ4n) is 1.70. The number of ketones is 1. The molecule has 98 valence electrons. The van der Waals surface area contributed by atoms with Crippen molar-refractivity contribution in [1.29, 1.82) is 0 Å². The first-order chi connectivity index (χ1) is 9.10. The van der Waals surface area contributed by atoms with Crippen LogP contribution in [0.4, 0.5) is 5.69 Å². The largest absolute Gasteiger partial charge is 0.497 e. The number of methoxy groups -OCH3 is 1. The Morgan fingerprint density at radius 2 is 1.89 bits per heavy atom. The number of nitrogen functional groups attached to an aromatic ring is 1. The molecule has 19 heavy (non-hydrogen) atoms. The minimum absolute atomic E-state index is 0.0226. The predicted octanol–water partition coefficient (Wildman–Crippen LogP) is 3.63. The number of Topliss-reactive ketones (excluding diaryl/α,β-unsaturated/α-hetero) is 1. The summed E-state index contributed by atoms with van der Waals surface area (Å²) >= 11 is 1.57. The Hall–Kier alpha value is -1.94. The normalized spacial score (nSPS) is 10.2. The van der Waals surface area contributed by atoms with Crippen LogP contribution in [0.1, 0.15) is 17.3 Å². The maximum Gasteiger partial charge on any atom is 0.161 e. The third-order valence-electron chi connectivity index (χ3n) is 2.68. The molecule has 2 N–H and O–H groups in total. The molecule has 0 saturated heterocycles. The van der Waals surface area contributed by atoms with Gasteiger partial charge >= 0.3 is 0 Å². The van der Waals surface area contributed by atoms with E-state index in [1.54, 1.807) is 24.9 Å². The second kappa shape index (κ2) is 5.80. The molecule has 0 amide bonds. The van der Waals surface area contributed by atoms with Crippen LogP contribution in [0, 0.1) is 0 Å². The Balaban J connectivity index is 2.28. The van der Waals surface area contributed by atoms with Gasteiger partial charge in [-0.1, -0.05) is 17.8 Å². The zero-order valence-electron chi connectivity index (χ0n) is 10.8. The SMILES string of the molecule is COc1cccc(Sc2ccc(N)c(C(C)=O)c2)c1. The van der Waals surface area contributed by atoms with Gasteiger partial charge in [0.15, 0.2) is 5.78 Å². The molecule has 2 rings (SSSR count). The van der Waals surface area contributed by atoms with Crippen molar-refractivity contribution >= 4 is 23.2 Å². The molecular formula is C15H15NO2S. The van der Waals surface area contributed by atoms with Crippen LogP contribution in [-0.2, 0) is 0 Å². The van der Waals surface area contributed by atoms with Gasteiger partial charge in [-0.3, -0.25) is 4.79 Å². The lowest BCUT2D eigenvalue weighted by molar-refractivity contribution is 0.101. The molecule has 0 unspecified atom stereocenters. The molecular weight excluding hydrogens is 258 g/mol. The quantitative estimate of drug-likeness (QED) is 0.682. The van der Waals surface area contributed by atoms with Crippen molar-refractivity contribution in [1.82, 2.24) is 0 Å². The summed E-state index contributed by atoms with van der Waals surface area (Å²) in [4.78, 5) is 13.5. The van der Waals surface area contributed by atoms with Crippen LogP contribution in [-0.4, -0.2) is 12.9 Å². The summed E-state index contributed by atoms with van der Waals surface area (Å²) in [6.07, 6.45) is 0. The van der Waals surface area contributed by atoms with Crippen LogP contribution >= 0.6 is 11.8 Å². The Morgan fingerprint density at radius 3 is 2.58 bits per heavy atom. The molecule has 2 aromatic carbocycles. The van der Waals surface area contributed by atoms with Crippen molar-refractivity contribution in [2.45, 2.75) is 16.7 Å². The summed E-state index contributed by atoms with van der Waals surface area (Å²) in [5.41, 5.74) is 6.86. The monoisotopic (exact) mass is 273 g/mol. The van der Waals surface area contributed by atoms with Gasteiger partial charge in [0, 0.05) is 21.0 Å². The molecule has 0 saturated carbocycles. The molecule has 2 aromatic rings. The van der Waals surface area contributed by atoms with Gasteiger partial charge in [0.2, 0.25) is 0 Å². The van der Waals surface area contributed by atoms with Gasteiger partial charge in [-0.25, -0.2) is 0 Å². The number of hydrogen-bond donors (Lipinski definition) is 1. The number of anilines is 1. The van der Waals surface area contributed by atoms with Crippen LogP contribution in [0.3, 0.4) is 0 Å². The predicted molar refractivity (Wildman–Crippen MR) is 78.0 cm³/mol. The Bertz CT molecular complexity index is 611. The molecule has 0 aliphatic rings. The zero-order valence-corrected chi connectivity index (χ0v) is 11.7. The summed E-state index contributed by atoms with van der Waals surface area (Å²) in [6, 6.07) is 13.3. The third-order valence-corrected chi connectivity index (χ3v) is 3.66. The minimum atomic E-state index is -0.0226. The molecule has 0 aliphatic heterocycles. The van der Waals surface area contributed by atoms with Gasteiger partial charge in [-0.15, -0.1) is 0 Å². The molecule has 0 aliphatic carbocycles. The molecule has 0 heterocycles. The van der Waals surface area contributed by atoms with Gasteiger partial charge in [0.05, 0.1) is 7.11 Å². The highest BCUT2D eigenvalue weighted by Gasteiger charge is 2.07. The maximum absolute atomic E-state index is 11.5.